The minimum atomic E-state index is -0.372. The summed E-state index contributed by atoms with van der Waals surface area (Å²) in [5.74, 6) is 0.0337. The Labute approximate surface area is 136 Å². The molecule has 1 amide bonds. The Morgan fingerprint density at radius 1 is 1.30 bits per heavy atom. The van der Waals surface area contributed by atoms with E-state index in [4.69, 9.17) is 0 Å². The van der Waals surface area contributed by atoms with Gasteiger partial charge >= 0.3 is 5.69 Å². The second-order valence-corrected chi connectivity index (χ2v) is 6.72. The third-order valence-electron chi connectivity index (χ3n) is 4.21. The molecule has 0 saturated carbocycles. The van der Waals surface area contributed by atoms with E-state index in [0.717, 1.165) is 33.5 Å². The van der Waals surface area contributed by atoms with Gasteiger partial charge in [-0.1, -0.05) is 18.2 Å². The number of hydrogen-bond donors (Lipinski definition) is 1. The molecular formula is C17H15N3O2S. The molecule has 1 atom stereocenters. The zero-order valence-electron chi connectivity index (χ0n) is 12.4. The number of carbonyl (C=O) groups excluding carboxylic acids is 1. The van der Waals surface area contributed by atoms with Crippen molar-refractivity contribution in [3.63, 3.8) is 0 Å². The molecule has 1 saturated heterocycles. The van der Waals surface area contributed by atoms with E-state index >= 15 is 0 Å². The molecular weight excluding hydrogens is 310 g/mol. The number of thiophene rings is 1. The lowest BCUT2D eigenvalue weighted by Crippen LogP contribution is -2.31. The van der Waals surface area contributed by atoms with E-state index in [9.17, 15) is 9.59 Å². The van der Waals surface area contributed by atoms with Crippen LogP contribution in [0.1, 0.15) is 34.2 Å². The summed E-state index contributed by atoms with van der Waals surface area (Å²) in [5.41, 5.74) is 0.389. The van der Waals surface area contributed by atoms with Crippen molar-refractivity contribution in [1.82, 2.24) is 14.9 Å². The monoisotopic (exact) mass is 325 g/mol. The first-order valence-electron chi connectivity index (χ1n) is 7.57. The molecule has 0 bridgehead atoms. The molecule has 1 N–H and O–H groups in total. The molecule has 1 fully saturated rings. The molecule has 23 heavy (non-hydrogen) atoms. The highest BCUT2D eigenvalue weighted by atomic mass is 32.1. The number of nitrogens with one attached hydrogen (secondary N) is 1. The van der Waals surface area contributed by atoms with Gasteiger partial charge in [-0.05, 0) is 36.4 Å². The van der Waals surface area contributed by atoms with Crippen molar-refractivity contribution in [2.24, 2.45) is 0 Å². The maximum Gasteiger partial charge on any atom is 0.345 e. The van der Waals surface area contributed by atoms with E-state index in [-0.39, 0.29) is 17.6 Å². The van der Waals surface area contributed by atoms with Gasteiger partial charge < -0.3 is 9.88 Å². The van der Waals surface area contributed by atoms with Crippen molar-refractivity contribution >= 4 is 27.3 Å². The average molecular weight is 325 g/mol. The number of aromatic amines is 1. The van der Waals surface area contributed by atoms with Crippen LogP contribution in [0.3, 0.4) is 0 Å². The predicted octanol–water partition coefficient (Wildman–Crippen LogP) is 2.96. The summed E-state index contributed by atoms with van der Waals surface area (Å²) in [6.45, 7) is 0.710. The zero-order valence-corrected chi connectivity index (χ0v) is 13.2. The van der Waals surface area contributed by atoms with Crippen molar-refractivity contribution in [2.75, 3.05) is 6.54 Å². The van der Waals surface area contributed by atoms with Crippen molar-refractivity contribution < 1.29 is 4.79 Å². The van der Waals surface area contributed by atoms with Gasteiger partial charge in [-0.3, -0.25) is 4.79 Å². The van der Waals surface area contributed by atoms with Gasteiger partial charge in [0.1, 0.15) is 0 Å². The molecule has 0 radical (unpaired) electrons. The lowest BCUT2D eigenvalue weighted by atomic mass is 10.1. The highest BCUT2D eigenvalue weighted by Crippen LogP contribution is 2.34. The normalized spacial score (nSPS) is 17.7. The summed E-state index contributed by atoms with van der Waals surface area (Å²) in [6.07, 6.45) is 3.29. The SMILES string of the molecule is O=C(c1cc2ccccc2s1)N1CCC[C@@H]1c1ccnc(=O)[nH]1. The van der Waals surface area contributed by atoms with Gasteiger partial charge in [0.25, 0.3) is 5.91 Å². The van der Waals surface area contributed by atoms with Crippen LogP contribution in [0, 0.1) is 0 Å². The van der Waals surface area contributed by atoms with Gasteiger partial charge in [-0.15, -0.1) is 11.3 Å². The molecule has 0 aliphatic carbocycles. The summed E-state index contributed by atoms with van der Waals surface area (Å²) < 4.78 is 1.11. The molecule has 1 aliphatic rings. The van der Waals surface area contributed by atoms with Crippen LogP contribution in [0.4, 0.5) is 0 Å². The van der Waals surface area contributed by atoms with Crippen LogP contribution in [0.5, 0.6) is 0 Å². The quantitative estimate of drug-likeness (QED) is 0.788. The lowest BCUT2D eigenvalue weighted by Gasteiger charge is -2.24. The summed E-state index contributed by atoms with van der Waals surface area (Å²) >= 11 is 1.52. The van der Waals surface area contributed by atoms with Crippen LogP contribution in [0.15, 0.2) is 47.4 Å². The van der Waals surface area contributed by atoms with Gasteiger partial charge in [0.05, 0.1) is 10.9 Å². The van der Waals surface area contributed by atoms with Crippen LogP contribution in [-0.2, 0) is 0 Å². The predicted molar refractivity (Wildman–Crippen MR) is 89.7 cm³/mol. The zero-order chi connectivity index (χ0) is 15.8. The molecule has 2 aromatic heterocycles. The molecule has 6 heteroatoms. The van der Waals surface area contributed by atoms with Gasteiger partial charge in [-0.2, -0.15) is 0 Å². The number of likely N-dealkylation sites (tertiary alicyclic amines) is 1. The molecule has 4 rings (SSSR count). The largest absolute Gasteiger partial charge is 0.345 e. The van der Waals surface area contributed by atoms with E-state index in [1.165, 1.54) is 17.5 Å². The lowest BCUT2D eigenvalue weighted by molar-refractivity contribution is 0.0737. The summed E-state index contributed by atoms with van der Waals surface area (Å²) in [7, 11) is 0. The van der Waals surface area contributed by atoms with Gasteiger partial charge in [0.15, 0.2) is 0 Å². The molecule has 3 aromatic rings. The van der Waals surface area contributed by atoms with Crippen LogP contribution in [0.2, 0.25) is 0 Å². The van der Waals surface area contributed by atoms with Crippen molar-refractivity contribution in [3.8, 4) is 0 Å². The van der Waals surface area contributed by atoms with Crippen molar-refractivity contribution in [3.05, 3.63) is 63.7 Å². The molecule has 1 aromatic carbocycles. The van der Waals surface area contributed by atoms with Gasteiger partial charge in [0.2, 0.25) is 0 Å². The van der Waals surface area contributed by atoms with Crippen LogP contribution in [0.25, 0.3) is 10.1 Å². The number of benzene rings is 1. The van der Waals surface area contributed by atoms with Crippen LogP contribution >= 0.6 is 11.3 Å². The fraction of sp³-hybridized carbons (Fsp3) is 0.235. The first kappa shape index (κ1) is 14.1. The third kappa shape index (κ3) is 2.55. The second kappa shape index (κ2) is 5.62. The molecule has 0 unspecified atom stereocenters. The molecule has 0 spiro atoms. The first-order chi connectivity index (χ1) is 11.2. The summed E-state index contributed by atoms with van der Waals surface area (Å²) in [4.78, 5) is 33.4. The third-order valence-corrected chi connectivity index (χ3v) is 5.31. The number of rotatable bonds is 2. The number of aromatic nitrogens is 2. The number of nitrogens with zero attached hydrogens (tertiary/aromatic N) is 2. The first-order valence-corrected chi connectivity index (χ1v) is 8.39. The smallest absolute Gasteiger partial charge is 0.329 e. The Bertz CT molecular complexity index is 897. The van der Waals surface area contributed by atoms with Gasteiger partial charge in [-0.25, -0.2) is 9.78 Å². The minimum Gasteiger partial charge on any atom is -0.329 e. The highest BCUT2D eigenvalue weighted by Gasteiger charge is 2.32. The maximum absolute atomic E-state index is 12.9. The Kier molecular flexibility index (Phi) is 3.46. The Morgan fingerprint density at radius 3 is 3.00 bits per heavy atom. The number of H-pyrrole nitrogens is 1. The minimum absolute atomic E-state index is 0.0337. The fourth-order valence-corrected chi connectivity index (χ4v) is 4.16. The second-order valence-electron chi connectivity index (χ2n) is 5.64. The van der Waals surface area contributed by atoms with Crippen LogP contribution in [-0.4, -0.2) is 27.3 Å². The topological polar surface area (TPSA) is 66.1 Å². The van der Waals surface area contributed by atoms with E-state index in [1.807, 2.05) is 35.2 Å². The maximum atomic E-state index is 12.9. The fourth-order valence-electron chi connectivity index (χ4n) is 3.14. The summed E-state index contributed by atoms with van der Waals surface area (Å²) in [6, 6.07) is 11.7. The standard InChI is InChI=1S/C17H15N3O2S/c21-16(15-10-11-4-1-2-6-14(11)23-15)20-9-3-5-13(20)12-7-8-18-17(22)19-12/h1-2,4,6-8,10,13H,3,5,9H2,(H,18,19,22)/t13-/m1/s1. The van der Waals surface area contributed by atoms with E-state index < -0.39 is 0 Å². The summed E-state index contributed by atoms with van der Waals surface area (Å²) in [5, 5.41) is 1.09. The molecule has 3 heterocycles. The van der Waals surface area contributed by atoms with Crippen LogP contribution < -0.4 is 5.69 Å². The number of hydrogen-bond acceptors (Lipinski definition) is 4. The average Bonchev–Trinajstić information content (AvgIpc) is 3.21. The molecule has 5 nitrogen and oxygen atoms in total. The van der Waals surface area contributed by atoms with Gasteiger partial charge in [0, 0.05) is 23.1 Å². The Morgan fingerprint density at radius 2 is 2.17 bits per heavy atom. The Balaban J connectivity index is 1.68. The van der Waals surface area contributed by atoms with Crippen molar-refractivity contribution in [1.29, 1.82) is 0 Å². The highest BCUT2D eigenvalue weighted by molar-refractivity contribution is 7.20. The molecule has 1 aliphatic heterocycles. The number of fused-ring (bicyclic) bond motifs is 1. The van der Waals surface area contributed by atoms with Crippen molar-refractivity contribution in [2.45, 2.75) is 18.9 Å². The molecule has 116 valence electrons. The number of carbonyl (C=O) groups is 1. The van der Waals surface area contributed by atoms with E-state index in [2.05, 4.69) is 9.97 Å². The van der Waals surface area contributed by atoms with E-state index in [1.54, 1.807) is 6.07 Å². The number of amides is 1. The van der Waals surface area contributed by atoms with E-state index in [0.29, 0.717) is 6.54 Å². The Hall–Kier alpha value is -2.47.